The molecule has 0 amide bonds. The predicted molar refractivity (Wildman–Crippen MR) is 95.3 cm³/mol. The van der Waals surface area contributed by atoms with Crippen LogP contribution in [0.15, 0.2) is 46.8 Å². The molecule has 0 aliphatic rings. The monoisotopic (exact) mass is 348 g/mol. The molecule has 1 aromatic carbocycles. The fourth-order valence-electron chi connectivity index (χ4n) is 1.92. The summed E-state index contributed by atoms with van der Waals surface area (Å²) in [4.78, 5) is 16.0. The van der Waals surface area contributed by atoms with Crippen molar-refractivity contribution in [2.45, 2.75) is 13.1 Å². The van der Waals surface area contributed by atoms with Gasteiger partial charge in [-0.15, -0.1) is 11.3 Å². The number of rotatable bonds is 8. The molecule has 0 atom stereocenters. The van der Waals surface area contributed by atoms with E-state index >= 15 is 0 Å². The molecule has 2 N–H and O–H groups in total. The number of nitrogens with zero attached hydrogens (tertiary/aromatic N) is 2. The second kappa shape index (κ2) is 9.64. The zero-order valence-corrected chi connectivity index (χ0v) is 14.2. The molecular formula is C16H20N4O3S. The molecule has 0 radical (unpaired) electrons. The summed E-state index contributed by atoms with van der Waals surface area (Å²) in [5, 5.41) is 19.2. The Morgan fingerprint density at radius 2 is 2.08 bits per heavy atom. The Morgan fingerprint density at radius 1 is 1.29 bits per heavy atom. The van der Waals surface area contributed by atoms with Gasteiger partial charge in [0, 0.05) is 30.7 Å². The first-order valence-electron chi connectivity index (χ1n) is 7.46. The van der Waals surface area contributed by atoms with Crippen LogP contribution in [-0.4, -0.2) is 31.1 Å². The largest absolute Gasteiger partial charge is 0.383 e. The summed E-state index contributed by atoms with van der Waals surface area (Å²) < 4.78 is 5.03. The maximum absolute atomic E-state index is 10.7. The van der Waals surface area contributed by atoms with Crippen molar-refractivity contribution >= 4 is 23.0 Å². The van der Waals surface area contributed by atoms with Crippen LogP contribution in [0.25, 0.3) is 0 Å². The Morgan fingerprint density at radius 3 is 2.71 bits per heavy atom. The summed E-state index contributed by atoms with van der Waals surface area (Å²) in [5.41, 5.74) is 0.988. The van der Waals surface area contributed by atoms with E-state index in [0.717, 1.165) is 5.56 Å². The van der Waals surface area contributed by atoms with Crippen molar-refractivity contribution in [1.82, 2.24) is 10.6 Å². The topological polar surface area (TPSA) is 88.8 Å². The molecule has 7 nitrogen and oxygen atoms in total. The number of guanidine groups is 1. The van der Waals surface area contributed by atoms with E-state index in [1.807, 2.05) is 11.4 Å². The molecule has 0 saturated heterocycles. The van der Waals surface area contributed by atoms with Crippen LogP contribution >= 0.6 is 11.3 Å². The number of benzene rings is 1. The highest BCUT2D eigenvalue weighted by molar-refractivity contribution is 7.09. The van der Waals surface area contributed by atoms with Crippen LogP contribution in [0, 0.1) is 10.1 Å². The lowest BCUT2D eigenvalue weighted by Gasteiger charge is -2.11. The fourth-order valence-corrected chi connectivity index (χ4v) is 2.57. The summed E-state index contributed by atoms with van der Waals surface area (Å²) in [5.74, 6) is 0.679. The minimum Gasteiger partial charge on any atom is -0.383 e. The highest BCUT2D eigenvalue weighted by Crippen LogP contribution is 2.12. The second-order valence-electron chi connectivity index (χ2n) is 4.94. The molecule has 0 spiro atoms. The summed E-state index contributed by atoms with van der Waals surface area (Å²) >= 11 is 1.68. The van der Waals surface area contributed by atoms with Gasteiger partial charge in [0.1, 0.15) is 0 Å². The van der Waals surface area contributed by atoms with Gasteiger partial charge in [0.25, 0.3) is 5.69 Å². The van der Waals surface area contributed by atoms with Crippen LogP contribution in [0.4, 0.5) is 5.69 Å². The maximum atomic E-state index is 10.7. The van der Waals surface area contributed by atoms with Crippen LogP contribution in [0.2, 0.25) is 0 Å². The number of ether oxygens (including phenoxy) is 1. The molecule has 24 heavy (non-hydrogen) atoms. The predicted octanol–water partition coefficient (Wildman–Crippen LogP) is 2.54. The lowest BCUT2D eigenvalue weighted by molar-refractivity contribution is -0.384. The number of hydrogen-bond acceptors (Lipinski definition) is 5. The highest BCUT2D eigenvalue weighted by Gasteiger charge is 2.04. The van der Waals surface area contributed by atoms with Gasteiger partial charge in [0.2, 0.25) is 0 Å². The number of hydrogen-bond donors (Lipinski definition) is 2. The standard InChI is InChI=1S/C16H20N4O3S/c1-23-9-8-17-16(19-12-15-3-2-10-24-15)18-11-13-4-6-14(7-5-13)20(21)22/h2-7,10H,8-9,11-12H2,1H3,(H2,17,18,19). The van der Waals surface area contributed by atoms with Crippen LogP contribution in [0.5, 0.6) is 0 Å². The first-order chi connectivity index (χ1) is 11.7. The van der Waals surface area contributed by atoms with Crippen molar-refractivity contribution in [2.24, 2.45) is 4.99 Å². The van der Waals surface area contributed by atoms with Crippen molar-refractivity contribution in [1.29, 1.82) is 0 Å². The fraction of sp³-hybridized carbons (Fsp3) is 0.312. The van der Waals surface area contributed by atoms with Crippen molar-refractivity contribution in [3.05, 3.63) is 62.3 Å². The molecule has 8 heteroatoms. The number of thiophene rings is 1. The molecular weight excluding hydrogens is 328 g/mol. The van der Waals surface area contributed by atoms with Crippen molar-refractivity contribution in [3.63, 3.8) is 0 Å². The van der Waals surface area contributed by atoms with Crippen LogP contribution < -0.4 is 10.6 Å². The van der Waals surface area contributed by atoms with Gasteiger partial charge in [0.15, 0.2) is 5.96 Å². The van der Waals surface area contributed by atoms with E-state index in [9.17, 15) is 10.1 Å². The lowest BCUT2D eigenvalue weighted by Crippen LogP contribution is -2.38. The minimum atomic E-state index is -0.409. The van der Waals surface area contributed by atoms with Crippen LogP contribution in [-0.2, 0) is 17.8 Å². The van der Waals surface area contributed by atoms with Crippen molar-refractivity contribution < 1.29 is 9.66 Å². The van der Waals surface area contributed by atoms with Gasteiger partial charge in [-0.3, -0.25) is 10.1 Å². The molecule has 128 valence electrons. The first kappa shape index (κ1) is 17.9. The van der Waals surface area contributed by atoms with Gasteiger partial charge in [-0.1, -0.05) is 18.2 Å². The van der Waals surface area contributed by atoms with E-state index in [1.54, 1.807) is 30.6 Å². The Balaban J connectivity index is 1.95. The van der Waals surface area contributed by atoms with E-state index in [-0.39, 0.29) is 5.69 Å². The number of nitrogens with one attached hydrogen (secondary N) is 2. The summed E-state index contributed by atoms with van der Waals surface area (Å²) in [6.45, 7) is 2.35. The summed E-state index contributed by atoms with van der Waals surface area (Å²) in [6, 6.07) is 10.5. The highest BCUT2D eigenvalue weighted by atomic mass is 32.1. The van der Waals surface area contributed by atoms with Gasteiger partial charge in [-0.2, -0.15) is 0 Å². The third-order valence-corrected chi connectivity index (χ3v) is 4.05. The van der Waals surface area contributed by atoms with E-state index in [0.29, 0.717) is 32.2 Å². The van der Waals surface area contributed by atoms with Crippen LogP contribution in [0.1, 0.15) is 10.4 Å². The third kappa shape index (κ3) is 5.98. The molecule has 0 aliphatic heterocycles. The third-order valence-electron chi connectivity index (χ3n) is 3.18. The Labute approximate surface area is 144 Å². The van der Waals surface area contributed by atoms with Crippen molar-refractivity contribution in [2.75, 3.05) is 20.3 Å². The average Bonchev–Trinajstić information content (AvgIpc) is 3.11. The van der Waals surface area contributed by atoms with Gasteiger partial charge in [-0.05, 0) is 17.0 Å². The van der Waals surface area contributed by atoms with E-state index in [1.165, 1.54) is 17.0 Å². The second-order valence-corrected chi connectivity index (χ2v) is 5.97. The molecule has 1 aromatic heterocycles. The lowest BCUT2D eigenvalue weighted by atomic mass is 10.2. The van der Waals surface area contributed by atoms with Gasteiger partial charge < -0.3 is 15.4 Å². The normalized spacial score (nSPS) is 11.3. The average molecular weight is 348 g/mol. The number of methoxy groups -OCH3 is 1. The van der Waals surface area contributed by atoms with Gasteiger partial charge in [-0.25, -0.2) is 4.99 Å². The first-order valence-corrected chi connectivity index (χ1v) is 8.34. The minimum absolute atomic E-state index is 0.0805. The molecule has 0 saturated carbocycles. The summed E-state index contributed by atoms with van der Waals surface area (Å²) in [7, 11) is 1.65. The van der Waals surface area contributed by atoms with E-state index < -0.39 is 4.92 Å². The number of nitro groups is 1. The zero-order valence-electron chi connectivity index (χ0n) is 13.4. The Bertz CT molecular complexity index is 656. The summed E-state index contributed by atoms with van der Waals surface area (Å²) in [6.07, 6.45) is 0. The molecule has 2 aromatic rings. The number of non-ortho nitro benzene ring substituents is 1. The van der Waals surface area contributed by atoms with E-state index in [4.69, 9.17) is 4.74 Å². The molecule has 2 rings (SSSR count). The molecule has 0 bridgehead atoms. The smallest absolute Gasteiger partial charge is 0.269 e. The SMILES string of the molecule is COCCNC(=NCc1ccc([N+](=O)[O-])cc1)NCc1cccs1. The van der Waals surface area contributed by atoms with Gasteiger partial charge >= 0.3 is 0 Å². The Hall–Kier alpha value is -2.45. The molecule has 1 heterocycles. The van der Waals surface area contributed by atoms with Crippen LogP contribution in [0.3, 0.4) is 0 Å². The zero-order chi connectivity index (χ0) is 17.2. The molecule has 0 aliphatic carbocycles. The van der Waals surface area contributed by atoms with Crippen molar-refractivity contribution in [3.8, 4) is 0 Å². The maximum Gasteiger partial charge on any atom is 0.269 e. The molecule has 0 unspecified atom stereocenters. The Kier molecular flexibility index (Phi) is 7.19. The van der Waals surface area contributed by atoms with Gasteiger partial charge in [0.05, 0.1) is 24.6 Å². The molecule has 0 fully saturated rings. The number of aliphatic imine (C=N–C) groups is 1. The number of nitro benzene ring substituents is 1. The quantitative estimate of drug-likeness (QED) is 0.252. The van der Waals surface area contributed by atoms with E-state index in [2.05, 4.69) is 21.7 Å².